The topological polar surface area (TPSA) is 54.3 Å². The maximum absolute atomic E-state index is 12.8. The van der Waals surface area contributed by atoms with Gasteiger partial charge in [0.05, 0.1) is 10.8 Å². The molecule has 1 aliphatic rings. The lowest BCUT2D eigenvalue weighted by molar-refractivity contribution is -0.121. The van der Waals surface area contributed by atoms with Crippen molar-refractivity contribution >= 4 is 39.7 Å². The van der Waals surface area contributed by atoms with E-state index in [1.807, 2.05) is 40.6 Å². The van der Waals surface area contributed by atoms with Crippen LogP contribution in [0.3, 0.4) is 0 Å². The summed E-state index contributed by atoms with van der Waals surface area (Å²) in [7, 11) is 0. The Kier molecular flexibility index (Phi) is 4.99. The van der Waals surface area contributed by atoms with Crippen molar-refractivity contribution in [1.29, 1.82) is 0 Å². The molecule has 27 heavy (non-hydrogen) atoms. The smallest absolute Gasteiger partial charge is 0.263 e. The summed E-state index contributed by atoms with van der Waals surface area (Å²) in [6.45, 7) is 4.24. The Bertz CT molecular complexity index is 961. The highest BCUT2D eigenvalue weighted by Crippen LogP contribution is 2.24. The predicted octanol–water partition coefficient (Wildman–Crippen LogP) is 4.21. The number of hydrogen-bond acceptors (Lipinski definition) is 3. The van der Waals surface area contributed by atoms with E-state index in [-0.39, 0.29) is 17.7 Å². The van der Waals surface area contributed by atoms with Crippen molar-refractivity contribution in [3.8, 4) is 0 Å². The molecule has 6 heteroatoms. The number of aromatic nitrogens is 1. The summed E-state index contributed by atoms with van der Waals surface area (Å²) < 4.78 is 2.18. The molecule has 4 rings (SSSR count). The second-order valence-corrected chi connectivity index (χ2v) is 7.88. The molecule has 3 aromatic rings. The van der Waals surface area contributed by atoms with Gasteiger partial charge in [0.2, 0.25) is 5.91 Å². The molecule has 0 aliphatic carbocycles. The van der Waals surface area contributed by atoms with Crippen LogP contribution in [0.15, 0.2) is 48.0 Å². The number of likely N-dealkylation sites (tertiary alicyclic amines) is 1. The highest BCUT2D eigenvalue weighted by atomic mass is 32.1. The molecule has 1 aromatic carbocycles. The highest BCUT2D eigenvalue weighted by Gasteiger charge is 2.29. The van der Waals surface area contributed by atoms with Crippen LogP contribution in [0.5, 0.6) is 0 Å². The lowest BCUT2D eigenvalue weighted by Crippen LogP contribution is -2.43. The van der Waals surface area contributed by atoms with Crippen molar-refractivity contribution in [3.63, 3.8) is 0 Å². The zero-order valence-electron chi connectivity index (χ0n) is 15.4. The van der Waals surface area contributed by atoms with Gasteiger partial charge in [-0.3, -0.25) is 9.59 Å². The van der Waals surface area contributed by atoms with Crippen LogP contribution >= 0.6 is 11.3 Å². The predicted molar refractivity (Wildman–Crippen MR) is 109 cm³/mol. The molecule has 0 bridgehead atoms. The molecular weight excluding hydrogens is 358 g/mol. The number of fused-ring (bicyclic) bond motifs is 1. The number of amides is 2. The summed E-state index contributed by atoms with van der Waals surface area (Å²) in [5, 5.41) is 6.07. The number of carbonyl (C=O) groups excluding carboxylic acids is 2. The van der Waals surface area contributed by atoms with Gasteiger partial charge in [0.15, 0.2) is 0 Å². The fourth-order valence-electron chi connectivity index (χ4n) is 3.73. The van der Waals surface area contributed by atoms with E-state index in [1.54, 1.807) is 0 Å². The Labute approximate surface area is 162 Å². The third-order valence-electron chi connectivity index (χ3n) is 5.19. The molecule has 5 nitrogen and oxygen atoms in total. The van der Waals surface area contributed by atoms with Crippen molar-refractivity contribution in [3.05, 3.63) is 52.9 Å². The number of rotatable bonds is 4. The minimum Gasteiger partial charge on any atom is -0.348 e. The van der Waals surface area contributed by atoms with Gasteiger partial charge in [-0.2, -0.15) is 0 Å². The van der Waals surface area contributed by atoms with E-state index in [9.17, 15) is 9.59 Å². The van der Waals surface area contributed by atoms with Gasteiger partial charge >= 0.3 is 0 Å². The summed E-state index contributed by atoms with van der Waals surface area (Å²) >= 11 is 1.45. The van der Waals surface area contributed by atoms with E-state index < -0.39 is 0 Å². The summed E-state index contributed by atoms with van der Waals surface area (Å²) in [6, 6.07) is 11.8. The van der Waals surface area contributed by atoms with E-state index in [4.69, 9.17) is 0 Å². The second-order valence-electron chi connectivity index (χ2n) is 6.93. The van der Waals surface area contributed by atoms with Gasteiger partial charge in [-0.1, -0.05) is 6.07 Å². The van der Waals surface area contributed by atoms with E-state index >= 15 is 0 Å². The maximum atomic E-state index is 12.8. The average molecular weight is 382 g/mol. The minimum absolute atomic E-state index is 0.00652. The fourth-order valence-corrected chi connectivity index (χ4v) is 4.42. The van der Waals surface area contributed by atoms with Gasteiger partial charge in [0.1, 0.15) is 0 Å². The number of nitrogens with one attached hydrogen (secondary N) is 1. The molecule has 0 saturated carbocycles. The molecule has 1 aliphatic heterocycles. The molecule has 140 valence electrons. The standard InChI is InChI=1S/C21H23N3O2S/c1-2-23-11-9-15-13-17(7-8-18(15)23)22-20(25)16-5-3-10-24(14-16)21(26)19-6-4-12-27-19/h4,6-9,11-13,16H,2-3,5,10,14H2,1H3,(H,22,25). The number of benzene rings is 1. The lowest BCUT2D eigenvalue weighted by atomic mass is 9.96. The molecule has 1 fully saturated rings. The number of nitrogens with zero attached hydrogens (tertiary/aromatic N) is 2. The van der Waals surface area contributed by atoms with Crippen molar-refractivity contribution in [2.75, 3.05) is 18.4 Å². The van der Waals surface area contributed by atoms with Crippen LogP contribution in [0.1, 0.15) is 29.4 Å². The Morgan fingerprint density at radius 2 is 2.15 bits per heavy atom. The Balaban J connectivity index is 1.44. The van der Waals surface area contributed by atoms with Crippen LogP contribution in [0.2, 0.25) is 0 Å². The zero-order chi connectivity index (χ0) is 18.8. The van der Waals surface area contributed by atoms with E-state index in [0.717, 1.165) is 41.9 Å². The number of anilines is 1. The normalized spacial score (nSPS) is 17.2. The van der Waals surface area contributed by atoms with Gasteiger partial charge in [0, 0.05) is 42.4 Å². The molecule has 3 heterocycles. The van der Waals surface area contributed by atoms with E-state index in [1.165, 1.54) is 16.9 Å². The van der Waals surface area contributed by atoms with Gasteiger partial charge in [-0.15, -0.1) is 11.3 Å². The third kappa shape index (κ3) is 3.62. The molecular formula is C21H23N3O2S. The van der Waals surface area contributed by atoms with Gasteiger partial charge < -0.3 is 14.8 Å². The lowest BCUT2D eigenvalue weighted by Gasteiger charge is -2.31. The third-order valence-corrected chi connectivity index (χ3v) is 6.05. The maximum Gasteiger partial charge on any atom is 0.263 e. The molecule has 2 amide bonds. The van der Waals surface area contributed by atoms with Crippen molar-refractivity contribution < 1.29 is 9.59 Å². The quantitative estimate of drug-likeness (QED) is 0.736. The van der Waals surface area contributed by atoms with Crippen LogP contribution in [0, 0.1) is 5.92 Å². The molecule has 0 radical (unpaired) electrons. The summed E-state index contributed by atoms with van der Waals surface area (Å²) in [6.07, 6.45) is 3.73. The number of carbonyl (C=O) groups is 2. The first-order valence-electron chi connectivity index (χ1n) is 9.38. The summed E-state index contributed by atoms with van der Waals surface area (Å²) in [4.78, 5) is 27.9. The molecule has 1 saturated heterocycles. The van der Waals surface area contributed by atoms with Crippen LogP contribution in [-0.4, -0.2) is 34.4 Å². The largest absolute Gasteiger partial charge is 0.348 e. The van der Waals surface area contributed by atoms with Crippen LogP contribution in [-0.2, 0) is 11.3 Å². The number of hydrogen-bond donors (Lipinski definition) is 1. The van der Waals surface area contributed by atoms with E-state index in [0.29, 0.717) is 6.54 Å². The van der Waals surface area contributed by atoms with Crippen molar-refractivity contribution in [1.82, 2.24) is 9.47 Å². The number of thiophene rings is 1. The van der Waals surface area contributed by atoms with Crippen LogP contribution in [0.25, 0.3) is 10.9 Å². The SMILES string of the molecule is CCn1ccc2cc(NC(=O)C3CCCN(C(=O)c4cccs4)C3)ccc21. The Hall–Kier alpha value is -2.60. The number of piperidine rings is 1. The Morgan fingerprint density at radius 1 is 1.26 bits per heavy atom. The van der Waals surface area contributed by atoms with Crippen molar-refractivity contribution in [2.45, 2.75) is 26.3 Å². The van der Waals surface area contributed by atoms with E-state index in [2.05, 4.69) is 29.1 Å². The molecule has 1 atom stereocenters. The first kappa shape index (κ1) is 17.8. The molecule has 2 aromatic heterocycles. The van der Waals surface area contributed by atoms with Gasteiger partial charge in [-0.25, -0.2) is 0 Å². The Morgan fingerprint density at radius 3 is 2.93 bits per heavy atom. The van der Waals surface area contributed by atoms with Gasteiger partial charge in [-0.05, 0) is 55.5 Å². The summed E-state index contributed by atoms with van der Waals surface area (Å²) in [5.41, 5.74) is 1.98. The highest BCUT2D eigenvalue weighted by molar-refractivity contribution is 7.12. The van der Waals surface area contributed by atoms with Crippen LogP contribution in [0.4, 0.5) is 5.69 Å². The van der Waals surface area contributed by atoms with Gasteiger partial charge in [0.25, 0.3) is 5.91 Å². The summed E-state index contributed by atoms with van der Waals surface area (Å²) in [5.74, 6) is -0.142. The molecule has 1 N–H and O–H groups in total. The average Bonchev–Trinajstić information content (AvgIpc) is 3.37. The fraction of sp³-hybridized carbons (Fsp3) is 0.333. The second kappa shape index (κ2) is 7.56. The monoisotopic (exact) mass is 381 g/mol. The van der Waals surface area contributed by atoms with Crippen LogP contribution < -0.4 is 5.32 Å². The number of aryl methyl sites for hydroxylation is 1. The molecule has 0 spiro atoms. The zero-order valence-corrected chi connectivity index (χ0v) is 16.2. The first-order valence-corrected chi connectivity index (χ1v) is 10.3. The molecule has 1 unspecified atom stereocenters. The minimum atomic E-state index is -0.168. The van der Waals surface area contributed by atoms with Crippen molar-refractivity contribution in [2.24, 2.45) is 5.92 Å². The first-order chi connectivity index (χ1) is 13.2.